The van der Waals surface area contributed by atoms with Crippen LogP contribution in [-0.4, -0.2) is 53.0 Å². The number of nitrogens with two attached hydrogens (primary N) is 1. The molecule has 0 aliphatic heterocycles. The zero-order valence-corrected chi connectivity index (χ0v) is 14.8. The van der Waals surface area contributed by atoms with E-state index < -0.39 is 47.9 Å². The standard InChI is InChI=1S/C15H28N4O5/c1-7(2)6-11(15(23)24)19-14(22)10(5)18-13(21)9(4)17-12(20)8(3)16/h7-11H,6,16H2,1-5H3,(H,17,20)(H,18,21)(H,19,22)(H,23,24)/t8-,9-,10-,11-/m0/s1. The molecule has 0 aromatic heterocycles. The molecule has 9 heteroatoms. The molecule has 6 N–H and O–H groups in total. The fraction of sp³-hybridized carbons (Fsp3) is 0.733. The van der Waals surface area contributed by atoms with E-state index in [4.69, 9.17) is 10.8 Å². The Bertz CT molecular complexity index is 478. The molecule has 0 saturated heterocycles. The smallest absolute Gasteiger partial charge is 0.326 e. The predicted molar refractivity (Wildman–Crippen MR) is 87.9 cm³/mol. The number of aliphatic carboxylic acids is 1. The van der Waals surface area contributed by atoms with E-state index in [1.54, 1.807) is 0 Å². The molecule has 3 amide bonds. The van der Waals surface area contributed by atoms with Crippen molar-refractivity contribution in [2.45, 2.75) is 65.2 Å². The highest BCUT2D eigenvalue weighted by Crippen LogP contribution is 2.05. The lowest BCUT2D eigenvalue weighted by molar-refractivity contribution is -0.142. The van der Waals surface area contributed by atoms with Crippen molar-refractivity contribution in [3.63, 3.8) is 0 Å². The molecule has 0 spiro atoms. The second kappa shape index (κ2) is 9.86. The summed E-state index contributed by atoms with van der Waals surface area (Å²) in [5.74, 6) is -2.71. The molecule has 0 rings (SSSR count). The SMILES string of the molecule is CC(C)C[C@H](NC(=O)[C@H](C)NC(=O)[C@H](C)NC(=O)[C@H](C)N)C(=O)O. The van der Waals surface area contributed by atoms with Crippen molar-refractivity contribution in [3.8, 4) is 0 Å². The summed E-state index contributed by atoms with van der Waals surface area (Å²) in [4.78, 5) is 46.6. The van der Waals surface area contributed by atoms with Crippen molar-refractivity contribution in [1.82, 2.24) is 16.0 Å². The molecule has 0 unspecified atom stereocenters. The summed E-state index contributed by atoms with van der Waals surface area (Å²) in [5, 5.41) is 16.3. The van der Waals surface area contributed by atoms with Gasteiger partial charge in [-0.1, -0.05) is 13.8 Å². The fourth-order valence-corrected chi connectivity index (χ4v) is 1.80. The first-order valence-corrected chi connectivity index (χ1v) is 7.85. The van der Waals surface area contributed by atoms with Crippen LogP contribution in [0, 0.1) is 5.92 Å². The molecular weight excluding hydrogens is 316 g/mol. The summed E-state index contributed by atoms with van der Waals surface area (Å²) < 4.78 is 0. The van der Waals surface area contributed by atoms with Crippen molar-refractivity contribution < 1.29 is 24.3 Å². The number of carbonyl (C=O) groups is 4. The Balaban J connectivity index is 4.60. The van der Waals surface area contributed by atoms with Crippen LogP contribution in [-0.2, 0) is 19.2 Å². The van der Waals surface area contributed by atoms with Gasteiger partial charge in [-0.05, 0) is 33.1 Å². The molecule has 0 aliphatic carbocycles. The Hall–Kier alpha value is -2.16. The minimum atomic E-state index is -1.13. The summed E-state index contributed by atoms with van der Waals surface area (Å²) >= 11 is 0. The van der Waals surface area contributed by atoms with Crippen LogP contribution in [0.1, 0.15) is 41.0 Å². The minimum Gasteiger partial charge on any atom is -0.480 e. The van der Waals surface area contributed by atoms with Gasteiger partial charge in [-0.15, -0.1) is 0 Å². The van der Waals surface area contributed by atoms with Gasteiger partial charge in [0, 0.05) is 0 Å². The third-order valence-corrected chi connectivity index (χ3v) is 3.24. The Morgan fingerprint density at radius 3 is 1.62 bits per heavy atom. The molecule has 0 heterocycles. The van der Waals surface area contributed by atoms with Crippen LogP contribution in [0.15, 0.2) is 0 Å². The van der Waals surface area contributed by atoms with E-state index in [2.05, 4.69) is 16.0 Å². The van der Waals surface area contributed by atoms with Crippen LogP contribution in [0.4, 0.5) is 0 Å². The lowest BCUT2D eigenvalue weighted by atomic mass is 10.0. The maximum atomic E-state index is 12.0. The number of rotatable bonds is 9. The van der Waals surface area contributed by atoms with Gasteiger partial charge < -0.3 is 26.8 Å². The van der Waals surface area contributed by atoms with Crippen LogP contribution in [0.2, 0.25) is 0 Å². The molecule has 0 fully saturated rings. The molecule has 138 valence electrons. The summed E-state index contributed by atoms with van der Waals surface area (Å²) in [6, 6.07) is -3.59. The number of hydrogen-bond acceptors (Lipinski definition) is 5. The van der Waals surface area contributed by atoms with Crippen molar-refractivity contribution in [3.05, 3.63) is 0 Å². The molecule has 9 nitrogen and oxygen atoms in total. The maximum absolute atomic E-state index is 12.0. The van der Waals surface area contributed by atoms with Gasteiger partial charge in [0.2, 0.25) is 17.7 Å². The molecule has 0 bridgehead atoms. The first-order valence-electron chi connectivity index (χ1n) is 7.85. The monoisotopic (exact) mass is 344 g/mol. The Labute approximate surface area is 141 Å². The second-order valence-electron chi connectivity index (χ2n) is 6.28. The highest BCUT2D eigenvalue weighted by molar-refractivity contribution is 5.93. The van der Waals surface area contributed by atoms with Crippen molar-refractivity contribution in [1.29, 1.82) is 0 Å². The third-order valence-electron chi connectivity index (χ3n) is 3.24. The van der Waals surface area contributed by atoms with Gasteiger partial charge in [0.1, 0.15) is 18.1 Å². The minimum absolute atomic E-state index is 0.0878. The van der Waals surface area contributed by atoms with Crippen molar-refractivity contribution in [2.75, 3.05) is 0 Å². The normalized spacial score (nSPS) is 15.8. The number of hydrogen-bond donors (Lipinski definition) is 5. The lowest BCUT2D eigenvalue weighted by Crippen LogP contribution is -2.55. The number of amides is 3. The summed E-state index contributed by atoms with van der Waals surface area (Å²) in [7, 11) is 0. The Kier molecular flexibility index (Phi) is 8.97. The van der Waals surface area contributed by atoms with E-state index in [0.29, 0.717) is 0 Å². The van der Waals surface area contributed by atoms with Gasteiger partial charge in [-0.25, -0.2) is 4.79 Å². The highest BCUT2D eigenvalue weighted by Gasteiger charge is 2.26. The molecular formula is C15H28N4O5. The number of nitrogens with one attached hydrogen (secondary N) is 3. The molecule has 0 aromatic rings. The molecule has 0 aromatic carbocycles. The first kappa shape index (κ1) is 21.8. The van der Waals surface area contributed by atoms with E-state index >= 15 is 0 Å². The summed E-state index contributed by atoms with van der Waals surface area (Å²) in [6.07, 6.45) is 0.280. The first-order chi connectivity index (χ1) is 11.0. The van der Waals surface area contributed by atoms with Crippen molar-refractivity contribution >= 4 is 23.7 Å². The number of carbonyl (C=O) groups excluding carboxylic acids is 3. The quantitative estimate of drug-likeness (QED) is 0.360. The summed E-state index contributed by atoms with van der Waals surface area (Å²) in [5.41, 5.74) is 5.39. The molecule has 0 saturated carbocycles. The maximum Gasteiger partial charge on any atom is 0.326 e. The average molecular weight is 344 g/mol. The van der Waals surface area contributed by atoms with Crippen LogP contribution < -0.4 is 21.7 Å². The van der Waals surface area contributed by atoms with Crippen LogP contribution in [0.25, 0.3) is 0 Å². The molecule has 0 aliphatic rings. The van der Waals surface area contributed by atoms with E-state index in [-0.39, 0.29) is 12.3 Å². The lowest BCUT2D eigenvalue weighted by Gasteiger charge is -2.21. The van der Waals surface area contributed by atoms with Gasteiger partial charge in [0.15, 0.2) is 0 Å². The van der Waals surface area contributed by atoms with Gasteiger partial charge in [-0.2, -0.15) is 0 Å². The van der Waals surface area contributed by atoms with Crippen LogP contribution in [0.3, 0.4) is 0 Å². The van der Waals surface area contributed by atoms with Gasteiger partial charge >= 0.3 is 5.97 Å². The van der Waals surface area contributed by atoms with Crippen LogP contribution in [0.5, 0.6) is 0 Å². The van der Waals surface area contributed by atoms with E-state index in [1.807, 2.05) is 13.8 Å². The fourth-order valence-electron chi connectivity index (χ4n) is 1.80. The molecule has 4 atom stereocenters. The van der Waals surface area contributed by atoms with Gasteiger partial charge in [0.05, 0.1) is 6.04 Å². The Morgan fingerprint density at radius 2 is 1.25 bits per heavy atom. The van der Waals surface area contributed by atoms with E-state index in [1.165, 1.54) is 20.8 Å². The molecule has 0 radical (unpaired) electrons. The summed E-state index contributed by atoms with van der Waals surface area (Å²) in [6.45, 7) is 8.06. The molecule has 24 heavy (non-hydrogen) atoms. The largest absolute Gasteiger partial charge is 0.480 e. The second-order valence-corrected chi connectivity index (χ2v) is 6.28. The zero-order valence-electron chi connectivity index (χ0n) is 14.8. The topological polar surface area (TPSA) is 151 Å². The van der Waals surface area contributed by atoms with E-state index in [9.17, 15) is 19.2 Å². The third kappa shape index (κ3) is 7.91. The number of carboxylic acids is 1. The average Bonchev–Trinajstić information content (AvgIpc) is 2.45. The Morgan fingerprint density at radius 1 is 0.833 bits per heavy atom. The van der Waals surface area contributed by atoms with Gasteiger partial charge in [0.25, 0.3) is 0 Å². The highest BCUT2D eigenvalue weighted by atomic mass is 16.4. The van der Waals surface area contributed by atoms with Crippen molar-refractivity contribution in [2.24, 2.45) is 11.7 Å². The van der Waals surface area contributed by atoms with E-state index in [0.717, 1.165) is 0 Å². The predicted octanol–water partition coefficient (Wildman–Crippen LogP) is -1.04. The number of carboxylic acid groups (broad SMARTS) is 1. The zero-order chi connectivity index (χ0) is 19.0. The van der Waals surface area contributed by atoms with Crippen LogP contribution >= 0.6 is 0 Å². The van der Waals surface area contributed by atoms with Gasteiger partial charge in [-0.3, -0.25) is 14.4 Å².